The van der Waals surface area contributed by atoms with Crippen molar-refractivity contribution in [1.82, 2.24) is 0 Å². The first-order valence-electron chi connectivity index (χ1n) is 9.21. The number of hydrogen-bond donors (Lipinski definition) is 1. The van der Waals surface area contributed by atoms with Gasteiger partial charge >= 0.3 is 0 Å². The summed E-state index contributed by atoms with van der Waals surface area (Å²) in [6.07, 6.45) is 3.28. The highest BCUT2D eigenvalue weighted by atomic mass is 16.5. The van der Waals surface area contributed by atoms with Gasteiger partial charge in [0.2, 0.25) is 5.91 Å². The third-order valence-electron chi connectivity index (χ3n) is 3.99. The average Bonchev–Trinajstić information content (AvgIpc) is 2.74. The number of carbonyl (C=O) groups excluding carboxylic acids is 1. The molecule has 0 aromatic heterocycles. The van der Waals surface area contributed by atoms with Gasteiger partial charge in [0.25, 0.3) is 0 Å². The van der Waals surface area contributed by atoms with Crippen LogP contribution in [0.25, 0.3) is 6.08 Å². The predicted octanol–water partition coefficient (Wildman–Crippen LogP) is 5.32. The summed E-state index contributed by atoms with van der Waals surface area (Å²) in [4.78, 5) is 12.1. The monoisotopic (exact) mass is 373 g/mol. The van der Waals surface area contributed by atoms with Gasteiger partial charge in [-0.15, -0.1) is 0 Å². The Morgan fingerprint density at radius 1 is 0.857 bits per heavy atom. The topological polar surface area (TPSA) is 47.6 Å². The number of ether oxygens (including phenoxy) is 2. The molecule has 142 valence electrons. The van der Waals surface area contributed by atoms with Gasteiger partial charge in [-0.2, -0.15) is 0 Å². The van der Waals surface area contributed by atoms with Crippen molar-refractivity contribution in [3.05, 3.63) is 96.1 Å². The number of benzene rings is 3. The van der Waals surface area contributed by atoms with Gasteiger partial charge < -0.3 is 14.8 Å². The van der Waals surface area contributed by atoms with E-state index in [4.69, 9.17) is 9.47 Å². The van der Waals surface area contributed by atoms with Crippen LogP contribution < -0.4 is 14.8 Å². The number of rotatable bonds is 8. The Balaban J connectivity index is 1.49. The van der Waals surface area contributed by atoms with Crippen LogP contribution in [0.1, 0.15) is 18.1 Å². The molecule has 0 bridgehead atoms. The summed E-state index contributed by atoms with van der Waals surface area (Å²) in [6.45, 7) is 3.09. The van der Waals surface area contributed by atoms with Crippen LogP contribution in [0.4, 0.5) is 5.69 Å². The zero-order chi connectivity index (χ0) is 19.6. The second-order valence-corrected chi connectivity index (χ2v) is 6.12. The predicted molar refractivity (Wildman–Crippen MR) is 112 cm³/mol. The molecule has 3 aromatic carbocycles. The first kappa shape index (κ1) is 19.2. The molecule has 0 radical (unpaired) electrons. The number of anilines is 1. The van der Waals surface area contributed by atoms with Crippen molar-refractivity contribution in [2.24, 2.45) is 0 Å². The van der Waals surface area contributed by atoms with E-state index >= 15 is 0 Å². The molecule has 3 aromatic rings. The number of nitrogens with one attached hydrogen (secondary N) is 1. The molecule has 0 unspecified atom stereocenters. The molecule has 0 saturated carbocycles. The SMILES string of the molecule is CCOc1ccc(C=CC(=O)Nc2ccc(OCc3ccccc3)cc2)cc1. The third kappa shape index (κ3) is 6.02. The van der Waals surface area contributed by atoms with Gasteiger partial charge in [-0.3, -0.25) is 4.79 Å². The molecule has 0 aliphatic heterocycles. The summed E-state index contributed by atoms with van der Waals surface area (Å²) in [5.41, 5.74) is 2.76. The highest BCUT2D eigenvalue weighted by Crippen LogP contribution is 2.17. The van der Waals surface area contributed by atoms with E-state index in [9.17, 15) is 4.79 Å². The first-order chi connectivity index (χ1) is 13.7. The lowest BCUT2D eigenvalue weighted by atomic mass is 10.2. The Morgan fingerprint density at radius 3 is 2.18 bits per heavy atom. The smallest absolute Gasteiger partial charge is 0.248 e. The Hall–Kier alpha value is -3.53. The highest BCUT2D eigenvalue weighted by Gasteiger charge is 2.00. The van der Waals surface area contributed by atoms with Gasteiger partial charge in [-0.1, -0.05) is 42.5 Å². The molecule has 1 amide bonds. The standard InChI is InChI=1S/C24H23NO3/c1-2-27-22-13-8-19(9-14-22)10-17-24(26)25-21-11-15-23(16-12-21)28-18-20-6-4-3-5-7-20/h3-17H,2,18H2,1H3,(H,25,26). The zero-order valence-electron chi connectivity index (χ0n) is 15.8. The molecular formula is C24H23NO3. The summed E-state index contributed by atoms with van der Waals surface area (Å²) in [5, 5.41) is 2.84. The molecule has 0 saturated heterocycles. The van der Waals surface area contributed by atoms with E-state index in [0.29, 0.717) is 18.9 Å². The molecule has 28 heavy (non-hydrogen) atoms. The molecule has 3 rings (SSSR count). The maximum Gasteiger partial charge on any atom is 0.248 e. The minimum atomic E-state index is -0.188. The normalized spacial score (nSPS) is 10.6. The average molecular weight is 373 g/mol. The molecule has 0 fully saturated rings. The van der Waals surface area contributed by atoms with Crippen molar-refractivity contribution < 1.29 is 14.3 Å². The molecule has 0 aliphatic carbocycles. The number of amides is 1. The third-order valence-corrected chi connectivity index (χ3v) is 3.99. The van der Waals surface area contributed by atoms with E-state index in [-0.39, 0.29) is 5.91 Å². The summed E-state index contributed by atoms with van der Waals surface area (Å²) in [7, 11) is 0. The molecule has 4 nitrogen and oxygen atoms in total. The van der Waals surface area contributed by atoms with E-state index in [2.05, 4.69) is 5.32 Å². The fraction of sp³-hybridized carbons (Fsp3) is 0.125. The largest absolute Gasteiger partial charge is 0.494 e. The second kappa shape index (κ2) is 9.97. The quantitative estimate of drug-likeness (QED) is 0.544. The van der Waals surface area contributed by atoms with Crippen molar-refractivity contribution in [2.75, 3.05) is 11.9 Å². The Morgan fingerprint density at radius 2 is 1.50 bits per heavy atom. The van der Waals surface area contributed by atoms with Crippen LogP contribution in [0.5, 0.6) is 11.5 Å². The van der Waals surface area contributed by atoms with Gasteiger partial charge in [0.15, 0.2) is 0 Å². The summed E-state index contributed by atoms with van der Waals surface area (Å²) >= 11 is 0. The second-order valence-electron chi connectivity index (χ2n) is 6.12. The highest BCUT2D eigenvalue weighted by molar-refractivity contribution is 6.01. The molecule has 0 atom stereocenters. The molecule has 0 spiro atoms. The van der Waals surface area contributed by atoms with Gasteiger partial charge in [-0.05, 0) is 60.5 Å². The molecule has 1 N–H and O–H groups in total. The lowest BCUT2D eigenvalue weighted by Crippen LogP contribution is -2.07. The molecule has 4 heteroatoms. The summed E-state index contributed by atoms with van der Waals surface area (Å²) in [5.74, 6) is 1.39. The maximum atomic E-state index is 12.1. The van der Waals surface area contributed by atoms with Crippen LogP contribution >= 0.6 is 0 Å². The van der Waals surface area contributed by atoms with Gasteiger partial charge in [-0.25, -0.2) is 0 Å². The number of carbonyl (C=O) groups is 1. The van der Waals surface area contributed by atoms with E-state index in [1.54, 1.807) is 6.08 Å². The van der Waals surface area contributed by atoms with Crippen molar-refractivity contribution in [3.8, 4) is 11.5 Å². The fourth-order valence-electron chi connectivity index (χ4n) is 2.57. The van der Waals surface area contributed by atoms with Crippen molar-refractivity contribution >= 4 is 17.7 Å². The fourth-order valence-corrected chi connectivity index (χ4v) is 2.57. The van der Waals surface area contributed by atoms with Crippen molar-refractivity contribution in [3.63, 3.8) is 0 Å². The lowest BCUT2D eigenvalue weighted by Gasteiger charge is -2.07. The van der Waals surface area contributed by atoms with Crippen molar-refractivity contribution in [1.29, 1.82) is 0 Å². The van der Waals surface area contributed by atoms with Crippen LogP contribution in [0.2, 0.25) is 0 Å². The first-order valence-corrected chi connectivity index (χ1v) is 9.21. The maximum absolute atomic E-state index is 12.1. The van der Waals surface area contributed by atoms with Crippen LogP contribution in [0, 0.1) is 0 Å². The Kier molecular flexibility index (Phi) is 6.85. The summed E-state index contributed by atoms with van der Waals surface area (Å²) in [6, 6.07) is 24.9. The van der Waals surface area contributed by atoms with Gasteiger partial charge in [0, 0.05) is 11.8 Å². The van der Waals surface area contributed by atoms with Crippen LogP contribution in [0.15, 0.2) is 84.9 Å². The molecule has 0 aliphatic rings. The van der Waals surface area contributed by atoms with E-state index < -0.39 is 0 Å². The van der Waals surface area contributed by atoms with Gasteiger partial charge in [0.05, 0.1) is 6.61 Å². The minimum Gasteiger partial charge on any atom is -0.494 e. The van der Waals surface area contributed by atoms with Gasteiger partial charge in [0.1, 0.15) is 18.1 Å². The number of hydrogen-bond acceptors (Lipinski definition) is 3. The minimum absolute atomic E-state index is 0.188. The molecule has 0 heterocycles. The summed E-state index contributed by atoms with van der Waals surface area (Å²) < 4.78 is 11.2. The van der Waals surface area contributed by atoms with Crippen LogP contribution in [0.3, 0.4) is 0 Å². The Bertz CT molecular complexity index is 901. The molecular weight excluding hydrogens is 350 g/mol. The van der Waals surface area contributed by atoms with Crippen LogP contribution in [-0.2, 0) is 11.4 Å². The lowest BCUT2D eigenvalue weighted by molar-refractivity contribution is -0.111. The Labute approximate surface area is 165 Å². The van der Waals surface area contributed by atoms with Crippen LogP contribution in [-0.4, -0.2) is 12.5 Å². The van der Waals surface area contributed by atoms with E-state index in [0.717, 1.165) is 22.6 Å². The van der Waals surface area contributed by atoms with Crippen molar-refractivity contribution in [2.45, 2.75) is 13.5 Å². The van der Waals surface area contributed by atoms with E-state index in [1.807, 2.05) is 85.8 Å². The van der Waals surface area contributed by atoms with E-state index in [1.165, 1.54) is 6.08 Å². The zero-order valence-corrected chi connectivity index (χ0v) is 15.8.